The van der Waals surface area contributed by atoms with E-state index in [4.69, 9.17) is 4.74 Å². The fourth-order valence-corrected chi connectivity index (χ4v) is 4.05. The van der Waals surface area contributed by atoms with Gasteiger partial charge in [0.1, 0.15) is 30.5 Å². The van der Waals surface area contributed by atoms with Crippen LogP contribution in [0.2, 0.25) is 0 Å². The normalized spacial score (nSPS) is 30.4. The Kier molecular flexibility index (Phi) is 5.54. The summed E-state index contributed by atoms with van der Waals surface area (Å²) in [4.78, 5) is 0. The lowest BCUT2D eigenvalue weighted by atomic mass is 9.88. The maximum Gasteiger partial charge on any atom is 0.113 e. The summed E-state index contributed by atoms with van der Waals surface area (Å²) >= 11 is 0. The predicted molar refractivity (Wildman–Crippen MR) is 105 cm³/mol. The Balaban J connectivity index is 1.65. The average Bonchev–Trinajstić information content (AvgIpc) is 3.53. The Morgan fingerprint density at radius 3 is 2.29 bits per heavy atom. The highest BCUT2D eigenvalue weighted by atomic mass is 16.5. The molecule has 0 amide bonds. The number of aliphatic hydroxyl groups is 4. The maximum atomic E-state index is 10.5. The lowest BCUT2D eigenvalue weighted by Crippen LogP contribution is -2.55. The van der Waals surface area contributed by atoms with Gasteiger partial charge in [0.25, 0.3) is 0 Å². The number of ether oxygens (including phenoxy) is 1. The Bertz CT molecular complexity index is 812. The van der Waals surface area contributed by atoms with E-state index in [1.807, 2.05) is 12.1 Å². The van der Waals surface area contributed by atoms with E-state index in [-0.39, 0.29) is 0 Å². The van der Waals surface area contributed by atoms with Crippen molar-refractivity contribution in [3.05, 3.63) is 70.3 Å². The van der Waals surface area contributed by atoms with E-state index in [2.05, 4.69) is 37.3 Å². The van der Waals surface area contributed by atoms with Crippen molar-refractivity contribution in [1.29, 1.82) is 0 Å². The number of aliphatic hydroxyl groups excluding tert-OH is 4. The first-order valence-corrected chi connectivity index (χ1v) is 9.96. The number of benzene rings is 2. The molecule has 0 bridgehead atoms. The number of aryl methyl sites for hydroxylation is 1. The van der Waals surface area contributed by atoms with Gasteiger partial charge in [0.05, 0.1) is 6.61 Å². The molecule has 1 aliphatic carbocycles. The van der Waals surface area contributed by atoms with Crippen LogP contribution in [0.15, 0.2) is 42.5 Å². The summed E-state index contributed by atoms with van der Waals surface area (Å²) in [6.07, 6.45) is -2.46. The van der Waals surface area contributed by atoms with Crippen molar-refractivity contribution in [3.8, 4) is 0 Å². The Labute approximate surface area is 165 Å². The van der Waals surface area contributed by atoms with Gasteiger partial charge in [0, 0.05) is 0 Å². The van der Waals surface area contributed by atoms with Gasteiger partial charge in [-0.15, -0.1) is 0 Å². The summed E-state index contributed by atoms with van der Waals surface area (Å²) in [6.45, 7) is 1.65. The van der Waals surface area contributed by atoms with E-state index in [9.17, 15) is 20.4 Å². The van der Waals surface area contributed by atoms with Gasteiger partial charge in [0.15, 0.2) is 0 Å². The standard InChI is InChI=1S/C23H28O5/c1-13-2-4-14(5-3-13)10-17-11-16(8-9-18(17)15-6-7-15)23-22(27)21(26)20(25)19(12-24)28-23/h2-5,8-9,11,15,19-27H,6-7,10,12H2,1H3/t19-,20-,21+,22-,23+/m1/s1. The molecule has 2 aromatic rings. The smallest absolute Gasteiger partial charge is 0.113 e. The summed E-state index contributed by atoms with van der Waals surface area (Å²) in [7, 11) is 0. The van der Waals surface area contributed by atoms with Gasteiger partial charge in [-0.2, -0.15) is 0 Å². The molecule has 150 valence electrons. The molecule has 4 rings (SSSR count). The Hall–Kier alpha value is -1.76. The molecule has 5 nitrogen and oxygen atoms in total. The molecule has 2 aromatic carbocycles. The van der Waals surface area contributed by atoms with Gasteiger partial charge in [-0.3, -0.25) is 0 Å². The van der Waals surface area contributed by atoms with E-state index in [0.717, 1.165) is 12.0 Å². The minimum absolute atomic E-state index is 0.419. The van der Waals surface area contributed by atoms with Crippen LogP contribution < -0.4 is 0 Å². The molecule has 2 fully saturated rings. The third-order valence-corrected chi connectivity index (χ3v) is 5.92. The first-order valence-electron chi connectivity index (χ1n) is 9.96. The van der Waals surface area contributed by atoms with E-state index >= 15 is 0 Å². The third kappa shape index (κ3) is 3.86. The van der Waals surface area contributed by atoms with Gasteiger partial charge in [0.2, 0.25) is 0 Å². The van der Waals surface area contributed by atoms with Crippen molar-refractivity contribution in [2.24, 2.45) is 0 Å². The lowest BCUT2D eigenvalue weighted by molar-refractivity contribution is -0.231. The highest BCUT2D eigenvalue weighted by molar-refractivity contribution is 5.41. The van der Waals surface area contributed by atoms with Crippen LogP contribution in [0.3, 0.4) is 0 Å². The quantitative estimate of drug-likeness (QED) is 0.633. The molecule has 28 heavy (non-hydrogen) atoms. The van der Waals surface area contributed by atoms with Crippen LogP contribution in [0, 0.1) is 6.92 Å². The summed E-state index contributed by atoms with van der Waals surface area (Å²) in [5.41, 5.74) is 5.72. The van der Waals surface area contributed by atoms with Crippen molar-refractivity contribution in [2.45, 2.75) is 62.6 Å². The maximum absolute atomic E-state index is 10.5. The molecule has 1 heterocycles. The van der Waals surface area contributed by atoms with Crippen molar-refractivity contribution < 1.29 is 25.2 Å². The lowest BCUT2D eigenvalue weighted by Gasteiger charge is -2.40. The Morgan fingerprint density at radius 1 is 0.929 bits per heavy atom. The van der Waals surface area contributed by atoms with Gasteiger partial charge in [-0.05, 0) is 54.4 Å². The van der Waals surface area contributed by atoms with Crippen LogP contribution in [-0.4, -0.2) is 51.4 Å². The minimum Gasteiger partial charge on any atom is -0.394 e. The molecule has 0 aromatic heterocycles. The summed E-state index contributed by atoms with van der Waals surface area (Å²) in [5, 5.41) is 40.1. The zero-order chi connectivity index (χ0) is 19.8. The van der Waals surface area contributed by atoms with Crippen LogP contribution in [0.1, 0.15) is 52.7 Å². The van der Waals surface area contributed by atoms with Crippen molar-refractivity contribution in [3.63, 3.8) is 0 Å². The average molecular weight is 384 g/mol. The van der Waals surface area contributed by atoms with Crippen molar-refractivity contribution in [1.82, 2.24) is 0 Å². The van der Waals surface area contributed by atoms with Crippen LogP contribution in [0.5, 0.6) is 0 Å². The summed E-state index contributed by atoms with van der Waals surface area (Å²) < 4.78 is 5.74. The molecule has 0 spiro atoms. The molecule has 0 unspecified atom stereocenters. The second-order valence-corrected chi connectivity index (χ2v) is 8.14. The van der Waals surface area contributed by atoms with E-state index in [0.29, 0.717) is 5.92 Å². The molecule has 5 heteroatoms. The first kappa shape index (κ1) is 19.6. The molecular formula is C23H28O5. The molecule has 1 saturated carbocycles. The molecule has 5 atom stereocenters. The van der Waals surface area contributed by atoms with Gasteiger partial charge in [-0.1, -0.05) is 48.0 Å². The van der Waals surface area contributed by atoms with Crippen LogP contribution in [0.25, 0.3) is 0 Å². The first-order chi connectivity index (χ1) is 13.5. The largest absolute Gasteiger partial charge is 0.394 e. The van der Waals surface area contributed by atoms with Gasteiger partial charge in [-0.25, -0.2) is 0 Å². The van der Waals surface area contributed by atoms with E-state index in [1.54, 1.807) is 0 Å². The fourth-order valence-electron chi connectivity index (χ4n) is 4.05. The third-order valence-electron chi connectivity index (χ3n) is 5.92. The van der Waals surface area contributed by atoms with Crippen molar-refractivity contribution >= 4 is 0 Å². The van der Waals surface area contributed by atoms with Crippen LogP contribution in [-0.2, 0) is 11.2 Å². The summed E-state index contributed by atoms with van der Waals surface area (Å²) in [5.74, 6) is 0.587. The van der Waals surface area contributed by atoms with Gasteiger partial charge < -0.3 is 25.2 Å². The molecule has 0 radical (unpaired) electrons. The topological polar surface area (TPSA) is 90.2 Å². The number of hydrogen-bond donors (Lipinski definition) is 4. The van der Waals surface area contributed by atoms with Gasteiger partial charge >= 0.3 is 0 Å². The zero-order valence-electron chi connectivity index (χ0n) is 16.0. The highest BCUT2D eigenvalue weighted by Gasteiger charge is 2.44. The van der Waals surface area contributed by atoms with Crippen LogP contribution in [0.4, 0.5) is 0 Å². The predicted octanol–water partition coefficient (Wildman–Crippen LogP) is 1.98. The van der Waals surface area contributed by atoms with E-state index in [1.165, 1.54) is 35.1 Å². The summed E-state index contributed by atoms with van der Waals surface area (Å²) in [6, 6.07) is 14.5. The fraction of sp³-hybridized carbons (Fsp3) is 0.478. The molecule has 1 aliphatic heterocycles. The number of hydrogen-bond acceptors (Lipinski definition) is 5. The monoisotopic (exact) mass is 384 g/mol. The minimum atomic E-state index is -1.36. The van der Waals surface area contributed by atoms with Crippen LogP contribution >= 0.6 is 0 Å². The molecular weight excluding hydrogens is 356 g/mol. The number of rotatable bonds is 5. The second-order valence-electron chi connectivity index (χ2n) is 8.14. The Morgan fingerprint density at radius 2 is 1.64 bits per heavy atom. The SMILES string of the molecule is Cc1ccc(Cc2cc([C@@H]3O[C@H](CO)[C@@H](O)[C@H](O)[C@H]3O)ccc2C2CC2)cc1. The molecule has 2 aliphatic rings. The molecule has 1 saturated heterocycles. The molecule has 4 N–H and O–H groups in total. The zero-order valence-corrected chi connectivity index (χ0v) is 16.0. The highest BCUT2D eigenvalue weighted by Crippen LogP contribution is 2.43. The second kappa shape index (κ2) is 7.93. The van der Waals surface area contributed by atoms with E-state index < -0.39 is 37.1 Å². The van der Waals surface area contributed by atoms with Crippen molar-refractivity contribution in [2.75, 3.05) is 6.61 Å².